The lowest BCUT2D eigenvalue weighted by molar-refractivity contribution is 0.628. The summed E-state index contributed by atoms with van der Waals surface area (Å²) in [4.78, 5) is 0. The number of H-pyrrole nitrogens is 1. The van der Waals surface area contributed by atoms with Gasteiger partial charge in [-0.05, 0) is 12.0 Å². The molecule has 1 aromatic heterocycles. The zero-order valence-electron chi connectivity index (χ0n) is 7.06. The maximum atomic E-state index is 13.2. The molecule has 0 saturated heterocycles. The second-order valence-corrected chi connectivity index (χ2v) is 3.21. The lowest BCUT2D eigenvalue weighted by Crippen LogP contribution is -1.88. The summed E-state index contributed by atoms with van der Waals surface area (Å²) in [5.41, 5.74) is 1.50. The van der Waals surface area contributed by atoms with E-state index in [0.29, 0.717) is 11.9 Å². The smallest absolute Gasteiger partial charge is 0.144 e. The van der Waals surface area contributed by atoms with Gasteiger partial charge in [0.2, 0.25) is 0 Å². The van der Waals surface area contributed by atoms with E-state index >= 15 is 0 Å². The summed E-state index contributed by atoms with van der Waals surface area (Å²) in [7, 11) is 0. The summed E-state index contributed by atoms with van der Waals surface area (Å²) >= 11 is 5.81. The third-order valence-corrected chi connectivity index (χ3v) is 2.50. The first-order chi connectivity index (χ1) is 6.24. The Morgan fingerprint density at radius 1 is 1.62 bits per heavy atom. The van der Waals surface area contributed by atoms with Crippen LogP contribution in [-0.2, 0) is 6.42 Å². The van der Waals surface area contributed by atoms with E-state index < -0.39 is 5.82 Å². The highest BCUT2D eigenvalue weighted by molar-refractivity contribution is 6.32. The van der Waals surface area contributed by atoms with Crippen LogP contribution in [0.3, 0.4) is 0 Å². The fraction of sp³-hybridized carbons (Fsp3) is 0.222. The topological polar surface area (TPSA) is 28.7 Å². The predicted molar refractivity (Wildman–Crippen MR) is 50.4 cm³/mol. The molecule has 0 spiro atoms. The number of aromatic amines is 1. The van der Waals surface area contributed by atoms with Gasteiger partial charge in [-0.2, -0.15) is 5.10 Å². The van der Waals surface area contributed by atoms with Crippen molar-refractivity contribution in [3.05, 3.63) is 28.7 Å². The first kappa shape index (κ1) is 8.51. The number of hydrogen-bond donors (Lipinski definition) is 1. The van der Waals surface area contributed by atoms with Crippen LogP contribution in [-0.4, -0.2) is 10.2 Å². The van der Waals surface area contributed by atoms with Gasteiger partial charge in [-0.3, -0.25) is 5.10 Å². The van der Waals surface area contributed by atoms with Crippen LogP contribution in [0.5, 0.6) is 0 Å². The third kappa shape index (κ3) is 1.20. The highest BCUT2D eigenvalue weighted by atomic mass is 35.5. The van der Waals surface area contributed by atoms with Gasteiger partial charge in [0.05, 0.1) is 16.7 Å². The van der Waals surface area contributed by atoms with Crippen molar-refractivity contribution in [2.45, 2.75) is 13.3 Å². The minimum atomic E-state index is -0.393. The van der Waals surface area contributed by atoms with Crippen LogP contribution in [0, 0.1) is 5.82 Å². The van der Waals surface area contributed by atoms with E-state index in [9.17, 15) is 4.39 Å². The molecule has 2 nitrogen and oxygen atoms in total. The van der Waals surface area contributed by atoms with E-state index in [1.807, 2.05) is 6.92 Å². The van der Waals surface area contributed by atoms with Gasteiger partial charge in [0.1, 0.15) is 5.82 Å². The van der Waals surface area contributed by atoms with Gasteiger partial charge in [-0.15, -0.1) is 0 Å². The van der Waals surface area contributed by atoms with Crippen molar-refractivity contribution in [3.8, 4) is 0 Å². The number of nitrogens with zero attached hydrogens (tertiary/aromatic N) is 1. The zero-order chi connectivity index (χ0) is 9.42. The van der Waals surface area contributed by atoms with E-state index in [-0.39, 0.29) is 5.02 Å². The van der Waals surface area contributed by atoms with E-state index in [1.54, 1.807) is 6.20 Å². The van der Waals surface area contributed by atoms with Crippen molar-refractivity contribution in [1.29, 1.82) is 0 Å². The third-order valence-electron chi connectivity index (χ3n) is 2.09. The largest absolute Gasteiger partial charge is 0.278 e. The lowest BCUT2D eigenvalue weighted by atomic mass is 10.1. The molecular formula is C9H8ClFN2. The molecule has 1 aromatic carbocycles. The summed E-state index contributed by atoms with van der Waals surface area (Å²) in [6.45, 7) is 1.94. The summed E-state index contributed by atoms with van der Waals surface area (Å²) in [5.74, 6) is -0.393. The molecule has 1 N–H and O–H groups in total. The highest BCUT2D eigenvalue weighted by Gasteiger charge is 2.10. The first-order valence-electron chi connectivity index (χ1n) is 4.04. The minimum Gasteiger partial charge on any atom is -0.278 e. The maximum Gasteiger partial charge on any atom is 0.144 e. The molecular weight excluding hydrogens is 191 g/mol. The second kappa shape index (κ2) is 3.00. The number of hydrogen-bond acceptors (Lipinski definition) is 1. The van der Waals surface area contributed by atoms with Crippen molar-refractivity contribution in [2.75, 3.05) is 0 Å². The summed E-state index contributed by atoms with van der Waals surface area (Å²) < 4.78 is 13.2. The number of rotatable bonds is 1. The van der Waals surface area contributed by atoms with Gasteiger partial charge in [0.15, 0.2) is 0 Å². The molecule has 0 radical (unpaired) electrons. The SMILES string of the molecule is CCc1c(Cl)c(F)cc2[nH]ncc12. The van der Waals surface area contributed by atoms with Crippen molar-refractivity contribution >= 4 is 22.5 Å². The summed E-state index contributed by atoms with van der Waals surface area (Å²) in [6.07, 6.45) is 2.37. The van der Waals surface area contributed by atoms with Gasteiger partial charge in [0, 0.05) is 11.5 Å². The molecule has 0 fully saturated rings. The molecule has 2 rings (SSSR count). The number of benzene rings is 1. The summed E-state index contributed by atoms with van der Waals surface area (Å²) in [5, 5.41) is 7.66. The Hall–Kier alpha value is -1.09. The molecule has 0 aliphatic heterocycles. The predicted octanol–water partition coefficient (Wildman–Crippen LogP) is 2.92. The van der Waals surface area contributed by atoms with Crippen molar-refractivity contribution in [1.82, 2.24) is 10.2 Å². The van der Waals surface area contributed by atoms with E-state index in [1.165, 1.54) is 6.07 Å². The Balaban J connectivity index is 2.87. The lowest BCUT2D eigenvalue weighted by Gasteiger charge is -2.03. The van der Waals surface area contributed by atoms with Crippen molar-refractivity contribution in [2.24, 2.45) is 0 Å². The van der Waals surface area contributed by atoms with E-state index in [4.69, 9.17) is 11.6 Å². The fourth-order valence-electron chi connectivity index (χ4n) is 1.44. The van der Waals surface area contributed by atoms with Crippen molar-refractivity contribution < 1.29 is 4.39 Å². The molecule has 0 aliphatic rings. The second-order valence-electron chi connectivity index (χ2n) is 2.84. The van der Waals surface area contributed by atoms with Crippen LogP contribution in [0.4, 0.5) is 4.39 Å². The number of aromatic nitrogens is 2. The molecule has 0 atom stereocenters. The Morgan fingerprint density at radius 2 is 2.38 bits per heavy atom. The molecule has 2 aromatic rings. The maximum absolute atomic E-state index is 13.2. The van der Waals surface area contributed by atoms with Crippen LogP contribution in [0.1, 0.15) is 12.5 Å². The monoisotopic (exact) mass is 198 g/mol. The molecule has 0 aliphatic carbocycles. The molecule has 68 valence electrons. The number of aryl methyl sites for hydroxylation is 1. The fourth-order valence-corrected chi connectivity index (χ4v) is 1.73. The summed E-state index contributed by atoms with van der Waals surface area (Å²) in [6, 6.07) is 1.36. The molecule has 13 heavy (non-hydrogen) atoms. The van der Waals surface area contributed by atoms with Crippen LogP contribution in [0.25, 0.3) is 10.9 Å². The van der Waals surface area contributed by atoms with Gasteiger partial charge in [-0.25, -0.2) is 4.39 Å². The van der Waals surface area contributed by atoms with Crippen LogP contribution in [0.2, 0.25) is 5.02 Å². The van der Waals surface area contributed by atoms with Gasteiger partial charge in [-0.1, -0.05) is 18.5 Å². The molecule has 0 bridgehead atoms. The van der Waals surface area contributed by atoms with Crippen LogP contribution >= 0.6 is 11.6 Å². The van der Waals surface area contributed by atoms with Gasteiger partial charge < -0.3 is 0 Å². The van der Waals surface area contributed by atoms with E-state index in [0.717, 1.165) is 10.9 Å². The zero-order valence-corrected chi connectivity index (χ0v) is 7.82. The molecule has 0 amide bonds. The van der Waals surface area contributed by atoms with Gasteiger partial charge in [0.25, 0.3) is 0 Å². The molecule has 0 saturated carbocycles. The Kier molecular flexibility index (Phi) is 1.96. The highest BCUT2D eigenvalue weighted by Crippen LogP contribution is 2.27. The molecule has 4 heteroatoms. The van der Waals surface area contributed by atoms with Gasteiger partial charge >= 0.3 is 0 Å². The normalized spacial score (nSPS) is 11.0. The Labute approximate surface area is 79.7 Å². The minimum absolute atomic E-state index is 0.205. The average molecular weight is 199 g/mol. The molecule has 0 unspecified atom stereocenters. The standard InChI is InChI=1S/C9H8ClFN2/c1-2-5-6-4-12-13-8(6)3-7(11)9(5)10/h3-4H,2H2,1H3,(H,12,13). The number of nitrogens with one attached hydrogen (secondary N) is 1. The van der Waals surface area contributed by atoms with E-state index in [2.05, 4.69) is 10.2 Å². The average Bonchev–Trinajstić information content (AvgIpc) is 2.54. The number of halogens is 2. The molecule has 1 heterocycles. The Bertz CT molecular complexity index is 450. The number of fused-ring (bicyclic) bond motifs is 1. The Morgan fingerprint density at radius 3 is 3.08 bits per heavy atom. The van der Waals surface area contributed by atoms with Crippen LogP contribution < -0.4 is 0 Å². The quantitative estimate of drug-likeness (QED) is 0.750. The van der Waals surface area contributed by atoms with Crippen LogP contribution in [0.15, 0.2) is 12.3 Å². The van der Waals surface area contributed by atoms with Crippen molar-refractivity contribution in [3.63, 3.8) is 0 Å². The first-order valence-corrected chi connectivity index (χ1v) is 4.41.